The third kappa shape index (κ3) is 3.57. The van der Waals surface area contributed by atoms with Crippen molar-refractivity contribution in [1.29, 1.82) is 0 Å². The quantitative estimate of drug-likeness (QED) is 0.766. The van der Waals surface area contributed by atoms with Crippen molar-refractivity contribution < 1.29 is 23.1 Å². The molecular weight excluding hydrogens is 329 g/mol. The molecule has 0 radical (unpaired) electrons. The fourth-order valence-electron chi connectivity index (χ4n) is 2.13. The maximum Gasteiger partial charge on any atom is 0.322 e. The number of carbonyl (C=O) groups excluding carboxylic acids is 1. The number of carbonyl (C=O) groups is 1. The van der Waals surface area contributed by atoms with Crippen LogP contribution in [0.1, 0.15) is 10.4 Å². The summed E-state index contributed by atoms with van der Waals surface area (Å²) in [5, 5.41) is 10.1. The molecule has 0 atom stereocenters. The van der Waals surface area contributed by atoms with E-state index in [4.69, 9.17) is 13.9 Å². The van der Waals surface area contributed by atoms with Gasteiger partial charge in [-0.2, -0.15) is 0 Å². The molecule has 0 aliphatic rings. The van der Waals surface area contributed by atoms with Crippen LogP contribution in [0.2, 0.25) is 0 Å². The molecule has 3 rings (SSSR count). The topological polar surface area (TPSA) is 86.5 Å². The lowest BCUT2D eigenvalue weighted by atomic mass is 10.2. The van der Waals surface area contributed by atoms with E-state index in [0.29, 0.717) is 17.1 Å². The molecule has 0 bridgehead atoms. The molecule has 3 aromatic rings. The lowest BCUT2D eigenvalue weighted by Crippen LogP contribution is -2.13. The fourth-order valence-corrected chi connectivity index (χ4v) is 2.13. The molecule has 0 saturated heterocycles. The first-order valence-electron chi connectivity index (χ1n) is 7.23. The number of rotatable bonds is 5. The van der Waals surface area contributed by atoms with E-state index in [2.05, 4.69) is 15.5 Å². The van der Waals surface area contributed by atoms with E-state index < -0.39 is 5.91 Å². The average Bonchev–Trinajstić information content (AvgIpc) is 3.10. The van der Waals surface area contributed by atoms with Crippen LogP contribution in [0.15, 0.2) is 46.9 Å². The van der Waals surface area contributed by atoms with Gasteiger partial charge in [0.25, 0.3) is 5.91 Å². The van der Waals surface area contributed by atoms with Crippen LogP contribution in [0.3, 0.4) is 0 Å². The molecule has 0 saturated carbocycles. The Morgan fingerprint density at radius 3 is 2.52 bits per heavy atom. The number of benzene rings is 2. The number of ether oxygens (including phenoxy) is 2. The Hall–Kier alpha value is -3.42. The summed E-state index contributed by atoms with van der Waals surface area (Å²) in [6.07, 6.45) is 0. The van der Waals surface area contributed by atoms with Gasteiger partial charge in [0, 0.05) is 11.6 Å². The summed E-state index contributed by atoms with van der Waals surface area (Å²) in [4.78, 5) is 12.4. The molecule has 1 N–H and O–H groups in total. The van der Waals surface area contributed by atoms with Gasteiger partial charge in [0.1, 0.15) is 17.3 Å². The second-order valence-electron chi connectivity index (χ2n) is 4.94. The van der Waals surface area contributed by atoms with E-state index in [1.807, 2.05) is 0 Å². The minimum Gasteiger partial charge on any atom is -0.497 e. The first-order chi connectivity index (χ1) is 12.1. The Labute approximate surface area is 142 Å². The van der Waals surface area contributed by atoms with Gasteiger partial charge in [-0.25, -0.2) is 4.39 Å². The van der Waals surface area contributed by atoms with Gasteiger partial charge in [0.15, 0.2) is 0 Å². The van der Waals surface area contributed by atoms with Crippen LogP contribution in [-0.4, -0.2) is 30.3 Å². The molecule has 1 heterocycles. The normalized spacial score (nSPS) is 10.4. The summed E-state index contributed by atoms with van der Waals surface area (Å²) in [5.41, 5.74) is 0.821. The smallest absolute Gasteiger partial charge is 0.322 e. The molecule has 2 aromatic carbocycles. The van der Waals surface area contributed by atoms with Crippen molar-refractivity contribution in [2.24, 2.45) is 0 Å². The predicted molar refractivity (Wildman–Crippen MR) is 87.2 cm³/mol. The minimum atomic E-state index is -0.478. The Morgan fingerprint density at radius 2 is 1.84 bits per heavy atom. The number of nitrogens with zero attached hydrogens (tertiary/aromatic N) is 2. The van der Waals surface area contributed by atoms with Crippen molar-refractivity contribution in [3.63, 3.8) is 0 Å². The standard InChI is InChI=1S/C17H14FN3O4/c1-23-12-7-8-13(14(9-12)24-2)15(22)19-17-21-20-16(25-17)10-3-5-11(18)6-4-10/h3-9H,1-2H3,(H,19,21,22). The Balaban J connectivity index is 1.79. The molecule has 25 heavy (non-hydrogen) atoms. The molecule has 0 unspecified atom stereocenters. The van der Waals surface area contributed by atoms with Crippen LogP contribution in [0.25, 0.3) is 11.5 Å². The van der Waals surface area contributed by atoms with Crippen molar-refractivity contribution in [2.45, 2.75) is 0 Å². The predicted octanol–water partition coefficient (Wildman–Crippen LogP) is 3.15. The monoisotopic (exact) mass is 343 g/mol. The van der Waals surface area contributed by atoms with E-state index in [-0.39, 0.29) is 23.3 Å². The van der Waals surface area contributed by atoms with Gasteiger partial charge in [-0.3, -0.25) is 10.1 Å². The zero-order valence-electron chi connectivity index (χ0n) is 13.4. The summed E-state index contributed by atoms with van der Waals surface area (Å²) >= 11 is 0. The molecule has 0 aliphatic heterocycles. The van der Waals surface area contributed by atoms with Crippen LogP contribution < -0.4 is 14.8 Å². The van der Waals surface area contributed by atoms with Crippen LogP contribution in [0, 0.1) is 5.82 Å². The van der Waals surface area contributed by atoms with Gasteiger partial charge in [-0.15, -0.1) is 5.10 Å². The largest absolute Gasteiger partial charge is 0.497 e. The number of hydrogen-bond donors (Lipinski definition) is 1. The summed E-state index contributed by atoms with van der Waals surface area (Å²) in [5.74, 6) is 0.217. The van der Waals surface area contributed by atoms with E-state index in [1.54, 1.807) is 18.2 Å². The lowest BCUT2D eigenvalue weighted by molar-refractivity contribution is 0.102. The lowest BCUT2D eigenvalue weighted by Gasteiger charge is -2.09. The van der Waals surface area contributed by atoms with Gasteiger partial charge in [0.2, 0.25) is 5.89 Å². The van der Waals surface area contributed by atoms with Crippen molar-refractivity contribution in [2.75, 3.05) is 19.5 Å². The third-order valence-corrected chi connectivity index (χ3v) is 3.39. The molecule has 0 fully saturated rings. The Morgan fingerprint density at radius 1 is 1.08 bits per heavy atom. The zero-order valence-corrected chi connectivity index (χ0v) is 13.4. The first-order valence-corrected chi connectivity index (χ1v) is 7.23. The number of halogens is 1. The number of methoxy groups -OCH3 is 2. The molecule has 1 aromatic heterocycles. The number of anilines is 1. The highest BCUT2D eigenvalue weighted by Crippen LogP contribution is 2.26. The number of aromatic nitrogens is 2. The Bertz CT molecular complexity index is 893. The van der Waals surface area contributed by atoms with Crippen LogP contribution in [-0.2, 0) is 0 Å². The van der Waals surface area contributed by atoms with Crippen molar-refractivity contribution in [3.8, 4) is 23.0 Å². The van der Waals surface area contributed by atoms with E-state index in [1.165, 1.54) is 38.5 Å². The zero-order chi connectivity index (χ0) is 17.8. The maximum atomic E-state index is 12.9. The van der Waals surface area contributed by atoms with Crippen LogP contribution in [0.4, 0.5) is 10.4 Å². The van der Waals surface area contributed by atoms with Gasteiger partial charge in [-0.1, -0.05) is 5.10 Å². The average molecular weight is 343 g/mol. The molecule has 128 valence electrons. The second-order valence-corrected chi connectivity index (χ2v) is 4.94. The van der Waals surface area contributed by atoms with Gasteiger partial charge in [-0.05, 0) is 36.4 Å². The maximum absolute atomic E-state index is 12.9. The van der Waals surface area contributed by atoms with Crippen molar-refractivity contribution in [3.05, 3.63) is 53.8 Å². The molecule has 0 aliphatic carbocycles. The van der Waals surface area contributed by atoms with Gasteiger partial charge in [0.05, 0.1) is 19.8 Å². The fraction of sp³-hybridized carbons (Fsp3) is 0.118. The van der Waals surface area contributed by atoms with E-state index in [0.717, 1.165) is 0 Å². The van der Waals surface area contributed by atoms with E-state index >= 15 is 0 Å². The molecule has 0 spiro atoms. The van der Waals surface area contributed by atoms with Gasteiger partial charge >= 0.3 is 6.01 Å². The SMILES string of the molecule is COc1ccc(C(=O)Nc2nnc(-c3ccc(F)cc3)o2)c(OC)c1. The molecule has 7 nitrogen and oxygen atoms in total. The van der Waals surface area contributed by atoms with Crippen molar-refractivity contribution in [1.82, 2.24) is 10.2 Å². The highest BCUT2D eigenvalue weighted by molar-refractivity contribution is 6.05. The molecule has 8 heteroatoms. The van der Waals surface area contributed by atoms with Crippen LogP contribution in [0.5, 0.6) is 11.5 Å². The number of nitrogens with one attached hydrogen (secondary N) is 1. The Kier molecular flexibility index (Phi) is 4.60. The number of hydrogen-bond acceptors (Lipinski definition) is 6. The third-order valence-electron chi connectivity index (χ3n) is 3.39. The van der Waals surface area contributed by atoms with Gasteiger partial charge < -0.3 is 13.9 Å². The van der Waals surface area contributed by atoms with Crippen molar-refractivity contribution >= 4 is 11.9 Å². The highest BCUT2D eigenvalue weighted by atomic mass is 19.1. The van der Waals surface area contributed by atoms with Crippen LogP contribution >= 0.6 is 0 Å². The summed E-state index contributed by atoms with van der Waals surface area (Å²) < 4.78 is 28.6. The molecule has 1 amide bonds. The number of amides is 1. The minimum absolute atomic E-state index is 0.0813. The molecular formula is C17H14FN3O4. The summed E-state index contributed by atoms with van der Waals surface area (Å²) in [6, 6.07) is 10.3. The summed E-state index contributed by atoms with van der Waals surface area (Å²) in [6.45, 7) is 0. The van der Waals surface area contributed by atoms with E-state index in [9.17, 15) is 9.18 Å². The first kappa shape index (κ1) is 16.4. The highest BCUT2D eigenvalue weighted by Gasteiger charge is 2.17. The second kappa shape index (κ2) is 7.00. The summed E-state index contributed by atoms with van der Waals surface area (Å²) in [7, 11) is 2.97.